The highest BCUT2D eigenvalue weighted by Crippen LogP contribution is 2.18. The number of carboxylic acid groups (broad SMARTS) is 1. The summed E-state index contributed by atoms with van der Waals surface area (Å²) < 4.78 is 18.3. The molecule has 0 saturated heterocycles. The minimum absolute atomic E-state index is 0.000742. The lowest BCUT2D eigenvalue weighted by Gasteiger charge is -2.16. The number of hydrogen-bond acceptors (Lipinski definition) is 3. The third-order valence-electron chi connectivity index (χ3n) is 3.00. The lowest BCUT2D eigenvalue weighted by molar-refractivity contribution is -0.137. The zero-order chi connectivity index (χ0) is 15.8. The maximum Gasteiger partial charge on any atom is 0.305 e. The number of rotatable bonds is 8. The molecule has 0 fully saturated rings. The third kappa shape index (κ3) is 5.81. The Morgan fingerprint density at radius 1 is 1.43 bits per heavy atom. The Morgan fingerprint density at radius 2 is 2.14 bits per heavy atom. The summed E-state index contributed by atoms with van der Waals surface area (Å²) in [6, 6.07) is 3.90. The molecule has 116 valence electrons. The molecule has 0 aliphatic heterocycles. The van der Waals surface area contributed by atoms with Gasteiger partial charge in [0.1, 0.15) is 0 Å². The minimum Gasteiger partial charge on any atom is -0.494 e. The predicted molar refractivity (Wildman–Crippen MR) is 75.7 cm³/mol. The van der Waals surface area contributed by atoms with E-state index in [1.165, 1.54) is 19.2 Å². The molecule has 0 aliphatic carbocycles. The fraction of sp³-hybridized carbons (Fsp3) is 0.467. The molecule has 0 bridgehead atoms. The molecule has 0 radical (unpaired) electrons. The average molecular weight is 297 g/mol. The molecule has 1 rings (SSSR count). The monoisotopic (exact) mass is 297 g/mol. The first-order valence-corrected chi connectivity index (χ1v) is 6.79. The third-order valence-corrected chi connectivity index (χ3v) is 3.00. The number of benzene rings is 1. The molecular weight excluding hydrogens is 277 g/mol. The van der Waals surface area contributed by atoms with E-state index in [4.69, 9.17) is 9.84 Å². The number of ether oxygens (including phenoxy) is 1. The van der Waals surface area contributed by atoms with Crippen molar-refractivity contribution in [1.82, 2.24) is 5.32 Å². The van der Waals surface area contributed by atoms with Gasteiger partial charge in [0.05, 0.1) is 20.0 Å². The van der Waals surface area contributed by atoms with E-state index in [1.807, 2.05) is 6.92 Å². The Balaban J connectivity index is 2.62. The van der Waals surface area contributed by atoms with Gasteiger partial charge in [-0.05, 0) is 24.1 Å². The number of hydrogen-bond donors (Lipinski definition) is 2. The highest BCUT2D eigenvalue weighted by atomic mass is 19.1. The number of aliphatic carboxylic acids is 1. The van der Waals surface area contributed by atoms with E-state index in [0.717, 1.165) is 6.42 Å². The van der Waals surface area contributed by atoms with Crippen LogP contribution >= 0.6 is 0 Å². The average Bonchev–Trinajstić information content (AvgIpc) is 2.38. The van der Waals surface area contributed by atoms with Gasteiger partial charge in [-0.25, -0.2) is 4.39 Å². The maximum absolute atomic E-state index is 13.5. The summed E-state index contributed by atoms with van der Waals surface area (Å²) in [7, 11) is 1.37. The topological polar surface area (TPSA) is 75.6 Å². The SMILES string of the molecule is CCCC(CC(=O)O)NC(=O)Cc1ccc(OC)c(F)c1. The van der Waals surface area contributed by atoms with Crippen molar-refractivity contribution in [2.45, 2.75) is 38.6 Å². The van der Waals surface area contributed by atoms with Gasteiger partial charge in [-0.3, -0.25) is 9.59 Å². The van der Waals surface area contributed by atoms with Crippen LogP contribution in [0.4, 0.5) is 4.39 Å². The number of methoxy groups -OCH3 is 1. The van der Waals surface area contributed by atoms with Crippen LogP contribution in [0.3, 0.4) is 0 Å². The van der Waals surface area contributed by atoms with E-state index in [1.54, 1.807) is 6.07 Å². The zero-order valence-corrected chi connectivity index (χ0v) is 12.2. The van der Waals surface area contributed by atoms with Crippen molar-refractivity contribution in [2.24, 2.45) is 0 Å². The van der Waals surface area contributed by atoms with Crippen LogP contribution in [0.5, 0.6) is 5.75 Å². The molecule has 0 aromatic heterocycles. The quantitative estimate of drug-likeness (QED) is 0.771. The van der Waals surface area contributed by atoms with Gasteiger partial charge in [-0.15, -0.1) is 0 Å². The molecular formula is C15H20FNO4. The number of carbonyl (C=O) groups excluding carboxylic acids is 1. The standard InChI is InChI=1S/C15H20FNO4/c1-3-4-11(9-15(19)20)17-14(18)8-10-5-6-13(21-2)12(16)7-10/h5-7,11H,3-4,8-9H2,1-2H3,(H,17,18)(H,19,20). The second kappa shape index (κ2) is 8.24. The number of carbonyl (C=O) groups is 2. The number of carboxylic acids is 1. The van der Waals surface area contributed by atoms with Gasteiger partial charge in [0.15, 0.2) is 11.6 Å². The van der Waals surface area contributed by atoms with Crippen molar-refractivity contribution in [1.29, 1.82) is 0 Å². The summed E-state index contributed by atoms with van der Waals surface area (Å²) in [5.74, 6) is -1.68. The number of nitrogens with one attached hydrogen (secondary N) is 1. The molecule has 6 heteroatoms. The summed E-state index contributed by atoms with van der Waals surface area (Å²) in [5.41, 5.74) is 0.511. The summed E-state index contributed by atoms with van der Waals surface area (Å²) in [4.78, 5) is 22.6. The van der Waals surface area contributed by atoms with E-state index < -0.39 is 17.8 Å². The van der Waals surface area contributed by atoms with Crippen LogP contribution in [0.15, 0.2) is 18.2 Å². The van der Waals surface area contributed by atoms with Gasteiger partial charge in [0.25, 0.3) is 0 Å². The fourth-order valence-electron chi connectivity index (χ4n) is 2.07. The lowest BCUT2D eigenvalue weighted by atomic mass is 10.1. The molecule has 21 heavy (non-hydrogen) atoms. The first-order chi connectivity index (χ1) is 9.96. The van der Waals surface area contributed by atoms with E-state index in [0.29, 0.717) is 12.0 Å². The Kier molecular flexibility index (Phi) is 6.65. The van der Waals surface area contributed by atoms with Crippen LogP contribution in [0, 0.1) is 5.82 Å². The largest absolute Gasteiger partial charge is 0.494 e. The smallest absolute Gasteiger partial charge is 0.305 e. The van der Waals surface area contributed by atoms with E-state index in [-0.39, 0.29) is 24.5 Å². The van der Waals surface area contributed by atoms with Crippen LogP contribution < -0.4 is 10.1 Å². The first kappa shape index (κ1) is 16.9. The van der Waals surface area contributed by atoms with Crippen LogP contribution in [-0.4, -0.2) is 30.1 Å². The second-order valence-corrected chi connectivity index (χ2v) is 4.80. The minimum atomic E-state index is -0.954. The predicted octanol–water partition coefficient (Wildman–Crippen LogP) is 2.14. The summed E-state index contributed by atoms with van der Waals surface area (Å²) in [6.07, 6.45) is 1.25. The van der Waals surface area contributed by atoms with Crippen molar-refractivity contribution in [3.63, 3.8) is 0 Å². The maximum atomic E-state index is 13.5. The molecule has 0 aliphatic rings. The van der Waals surface area contributed by atoms with E-state index >= 15 is 0 Å². The van der Waals surface area contributed by atoms with Crippen molar-refractivity contribution in [2.75, 3.05) is 7.11 Å². The number of halogens is 1. The normalized spacial score (nSPS) is 11.8. The van der Waals surface area contributed by atoms with Gasteiger partial charge in [0, 0.05) is 6.04 Å². The van der Waals surface area contributed by atoms with Crippen molar-refractivity contribution < 1.29 is 23.8 Å². The van der Waals surface area contributed by atoms with E-state index in [9.17, 15) is 14.0 Å². The summed E-state index contributed by atoms with van der Waals surface area (Å²) in [6.45, 7) is 1.92. The van der Waals surface area contributed by atoms with Crippen molar-refractivity contribution in [3.8, 4) is 5.75 Å². The zero-order valence-electron chi connectivity index (χ0n) is 12.2. The van der Waals surface area contributed by atoms with Crippen LogP contribution in [-0.2, 0) is 16.0 Å². The molecule has 0 saturated carbocycles. The van der Waals surface area contributed by atoms with Crippen molar-refractivity contribution >= 4 is 11.9 Å². The molecule has 1 amide bonds. The summed E-state index contributed by atoms with van der Waals surface area (Å²) >= 11 is 0. The highest BCUT2D eigenvalue weighted by molar-refractivity contribution is 5.79. The van der Waals surface area contributed by atoms with Crippen LogP contribution in [0.2, 0.25) is 0 Å². The fourth-order valence-corrected chi connectivity index (χ4v) is 2.07. The van der Waals surface area contributed by atoms with Crippen LogP contribution in [0.1, 0.15) is 31.7 Å². The van der Waals surface area contributed by atoms with Crippen molar-refractivity contribution in [3.05, 3.63) is 29.6 Å². The Morgan fingerprint density at radius 3 is 2.67 bits per heavy atom. The Bertz CT molecular complexity index is 504. The van der Waals surface area contributed by atoms with Gasteiger partial charge < -0.3 is 15.2 Å². The molecule has 1 atom stereocenters. The number of amides is 1. The highest BCUT2D eigenvalue weighted by Gasteiger charge is 2.15. The lowest BCUT2D eigenvalue weighted by Crippen LogP contribution is -2.37. The first-order valence-electron chi connectivity index (χ1n) is 6.79. The second-order valence-electron chi connectivity index (χ2n) is 4.80. The molecule has 5 nitrogen and oxygen atoms in total. The van der Waals surface area contributed by atoms with Gasteiger partial charge in [-0.1, -0.05) is 19.4 Å². The van der Waals surface area contributed by atoms with Crippen LogP contribution in [0.25, 0.3) is 0 Å². The molecule has 0 heterocycles. The molecule has 1 aromatic carbocycles. The molecule has 2 N–H and O–H groups in total. The van der Waals surface area contributed by atoms with E-state index in [2.05, 4.69) is 5.32 Å². The molecule has 1 unspecified atom stereocenters. The Hall–Kier alpha value is -2.11. The molecule has 1 aromatic rings. The van der Waals surface area contributed by atoms with Gasteiger partial charge in [0.2, 0.25) is 5.91 Å². The molecule has 0 spiro atoms. The Labute approximate surface area is 123 Å². The van der Waals surface area contributed by atoms with Gasteiger partial charge >= 0.3 is 5.97 Å². The van der Waals surface area contributed by atoms with Gasteiger partial charge in [-0.2, -0.15) is 0 Å². The summed E-state index contributed by atoms with van der Waals surface area (Å²) in [5, 5.41) is 11.5.